The van der Waals surface area contributed by atoms with Gasteiger partial charge in [-0.3, -0.25) is 4.79 Å². The predicted molar refractivity (Wildman–Crippen MR) is 82.4 cm³/mol. The van der Waals surface area contributed by atoms with Crippen molar-refractivity contribution in [3.8, 4) is 0 Å². The molecule has 1 heterocycles. The molecular weight excluding hydrogens is 246 g/mol. The first kappa shape index (κ1) is 12.9. The molecule has 102 valence electrons. The van der Waals surface area contributed by atoms with Crippen LogP contribution in [0, 0.1) is 0 Å². The number of fused-ring (bicyclic) bond motifs is 1. The van der Waals surface area contributed by atoms with Crippen molar-refractivity contribution in [1.82, 2.24) is 0 Å². The quantitative estimate of drug-likeness (QED) is 0.846. The second-order valence-corrected chi connectivity index (χ2v) is 5.35. The van der Waals surface area contributed by atoms with Gasteiger partial charge in [-0.25, -0.2) is 0 Å². The Morgan fingerprint density at radius 2 is 2.05 bits per heavy atom. The summed E-state index contributed by atoms with van der Waals surface area (Å²) < 4.78 is 0. The summed E-state index contributed by atoms with van der Waals surface area (Å²) in [5.74, 6) is 0.535. The minimum Gasteiger partial charge on any atom is -0.384 e. The third-order valence-electron chi connectivity index (χ3n) is 4.03. The zero-order valence-corrected chi connectivity index (χ0v) is 11.7. The van der Waals surface area contributed by atoms with Crippen LogP contribution in [-0.4, -0.2) is 12.3 Å². The van der Waals surface area contributed by atoms with E-state index in [1.165, 1.54) is 16.8 Å². The van der Waals surface area contributed by atoms with Crippen LogP contribution in [0.1, 0.15) is 40.7 Å². The molecule has 1 aliphatic heterocycles. The summed E-state index contributed by atoms with van der Waals surface area (Å²) in [6.07, 6.45) is 1.55. The molecule has 2 nitrogen and oxygen atoms in total. The molecule has 0 spiro atoms. The summed E-state index contributed by atoms with van der Waals surface area (Å²) in [6, 6.07) is 16.3. The van der Waals surface area contributed by atoms with E-state index in [1.807, 2.05) is 30.3 Å². The molecule has 1 N–H and O–H groups in total. The molecule has 1 atom stereocenters. The minimum absolute atomic E-state index is 0.240. The fourth-order valence-corrected chi connectivity index (χ4v) is 2.85. The molecule has 0 aliphatic carbocycles. The number of carbonyl (C=O) groups is 1. The Kier molecular flexibility index (Phi) is 3.55. The van der Waals surface area contributed by atoms with Gasteiger partial charge in [-0.05, 0) is 29.7 Å². The van der Waals surface area contributed by atoms with Crippen LogP contribution in [0.3, 0.4) is 0 Å². The Balaban J connectivity index is 1.77. The SMILES string of the molecule is CCc1cccc(C(=O)CC2CNc3ccccc32)c1. The van der Waals surface area contributed by atoms with Gasteiger partial charge in [0.2, 0.25) is 0 Å². The normalized spacial score (nSPS) is 16.6. The topological polar surface area (TPSA) is 29.1 Å². The lowest BCUT2D eigenvalue weighted by Crippen LogP contribution is -2.09. The summed E-state index contributed by atoms with van der Waals surface area (Å²) in [5.41, 5.74) is 4.51. The van der Waals surface area contributed by atoms with Crippen LogP contribution in [0.4, 0.5) is 5.69 Å². The number of Topliss-reactive ketones (excluding diaryl/α,β-unsaturated/α-hetero) is 1. The van der Waals surface area contributed by atoms with E-state index >= 15 is 0 Å². The summed E-state index contributed by atoms with van der Waals surface area (Å²) in [4.78, 5) is 12.5. The maximum absolute atomic E-state index is 12.5. The summed E-state index contributed by atoms with van der Waals surface area (Å²) in [5, 5.41) is 3.38. The van der Waals surface area contributed by atoms with E-state index in [9.17, 15) is 4.79 Å². The lowest BCUT2D eigenvalue weighted by molar-refractivity contribution is 0.0975. The molecule has 2 aromatic rings. The Labute approximate surface area is 119 Å². The number of hydrogen-bond acceptors (Lipinski definition) is 2. The number of para-hydroxylation sites is 1. The molecule has 2 heteroatoms. The van der Waals surface area contributed by atoms with Gasteiger partial charge in [-0.1, -0.05) is 43.3 Å². The molecular formula is C18H19NO. The molecule has 20 heavy (non-hydrogen) atoms. The first-order chi connectivity index (χ1) is 9.78. The first-order valence-electron chi connectivity index (χ1n) is 7.23. The lowest BCUT2D eigenvalue weighted by Gasteiger charge is -2.10. The van der Waals surface area contributed by atoms with Crippen molar-refractivity contribution in [2.45, 2.75) is 25.7 Å². The predicted octanol–water partition coefficient (Wildman–Crippen LogP) is 4.03. The van der Waals surface area contributed by atoms with Crippen LogP contribution >= 0.6 is 0 Å². The largest absolute Gasteiger partial charge is 0.384 e. The van der Waals surface area contributed by atoms with Gasteiger partial charge in [-0.2, -0.15) is 0 Å². The maximum atomic E-state index is 12.5. The monoisotopic (exact) mass is 265 g/mol. The molecule has 2 aromatic carbocycles. The average Bonchev–Trinajstić information content (AvgIpc) is 2.90. The minimum atomic E-state index is 0.240. The zero-order valence-electron chi connectivity index (χ0n) is 11.7. The highest BCUT2D eigenvalue weighted by Crippen LogP contribution is 2.33. The third kappa shape index (κ3) is 2.46. The van der Waals surface area contributed by atoms with E-state index in [-0.39, 0.29) is 5.78 Å². The van der Waals surface area contributed by atoms with Gasteiger partial charge in [-0.15, -0.1) is 0 Å². The molecule has 1 aliphatic rings. The van der Waals surface area contributed by atoms with Crippen LogP contribution < -0.4 is 5.32 Å². The molecule has 0 saturated heterocycles. The van der Waals surface area contributed by atoms with Gasteiger partial charge in [0.25, 0.3) is 0 Å². The van der Waals surface area contributed by atoms with Crippen molar-refractivity contribution < 1.29 is 4.79 Å². The van der Waals surface area contributed by atoms with Crippen LogP contribution in [0.5, 0.6) is 0 Å². The van der Waals surface area contributed by atoms with Crippen LogP contribution in [0.25, 0.3) is 0 Å². The molecule has 0 bridgehead atoms. The molecule has 0 fully saturated rings. The highest BCUT2D eigenvalue weighted by Gasteiger charge is 2.24. The van der Waals surface area contributed by atoms with Crippen molar-refractivity contribution in [2.75, 3.05) is 11.9 Å². The molecule has 3 rings (SSSR count). The number of carbonyl (C=O) groups excluding carboxylic acids is 1. The number of hydrogen-bond donors (Lipinski definition) is 1. The van der Waals surface area contributed by atoms with Gasteiger partial charge >= 0.3 is 0 Å². The number of ketones is 1. The Hall–Kier alpha value is -2.09. The number of nitrogens with one attached hydrogen (secondary N) is 1. The van der Waals surface area contributed by atoms with E-state index in [1.54, 1.807) is 0 Å². The lowest BCUT2D eigenvalue weighted by atomic mass is 9.92. The smallest absolute Gasteiger partial charge is 0.163 e. The number of aryl methyl sites for hydroxylation is 1. The van der Waals surface area contributed by atoms with Gasteiger partial charge in [0, 0.05) is 30.1 Å². The Bertz CT molecular complexity index is 633. The fraction of sp³-hybridized carbons (Fsp3) is 0.278. The van der Waals surface area contributed by atoms with Crippen LogP contribution in [0.15, 0.2) is 48.5 Å². The van der Waals surface area contributed by atoms with E-state index in [4.69, 9.17) is 0 Å². The highest BCUT2D eigenvalue weighted by molar-refractivity contribution is 5.97. The molecule has 0 radical (unpaired) electrons. The number of anilines is 1. The fourth-order valence-electron chi connectivity index (χ4n) is 2.85. The average molecular weight is 265 g/mol. The number of rotatable bonds is 4. The highest BCUT2D eigenvalue weighted by atomic mass is 16.1. The van der Waals surface area contributed by atoms with Crippen LogP contribution in [0.2, 0.25) is 0 Å². The molecule has 0 aromatic heterocycles. The summed E-state index contributed by atoms with van der Waals surface area (Å²) in [7, 11) is 0. The van der Waals surface area contributed by atoms with E-state index in [2.05, 4.69) is 30.4 Å². The van der Waals surface area contributed by atoms with Gasteiger partial charge in [0.15, 0.2) is 5.78 Å². The zero-order chi connectivity index (χ0) is 13.9. The second kappa shape index (κ2) is 5.49. The van der Waals surface area contributed by atoms with E-state index in [0.29, 0.717) is 12.3 Å². The van der Waals surface area contributed by atoms with Crippen molar-refractivity contribution >= 4 is 11.5 Å². The molecule has 1 unspecified atom stereocenters. The van der Waals surface area contributed by atoms with Gasteiger partial charge in [0.05, 0.1) is 0 Å². The van der Waals surface area contributed by atoms with Crippen molar-refractivity contribution in [1.29, 1.82) is 0 Å². The van der Waals surface area contributed by atoms with Crippen molar-refractivity contribution in [2.24, 2.45) is 0 Å². The summed E-state index contributed by atoms with van der Waals surface area (Å²) >= 11 is 0. The molecule has 0 amide bonds. The van der Waals surface area contributed by atoms with E-state index in [0.717, 1.165) is 18.5 Å². The van der Waals surface area contributed by atoms with Crippen molar-refractivity contribution in [3.63, 3.8) is 0 Å². The van der Waals surface area contributed by atoms with Crippen LogP contribution in [-0.2, 0) is 6.42 Å². The Morgan fingerprint density at radius 3 is 2.90 bits per heavy atom. The maximum Gasteiger partial charge on any atom is 0.163 e. The molecule has 0 saturated carbocycles. The standard InChI is InChI=1S/C18H19NO/c1-2-13-6-5-7-14(10-13)18(20)11-15-12-19-17-9-4-3-8-16(15)17/h3-10,15,19H,2,11-12H2,1H3. The first-order valence-corrected chi connectivity index (χ1v) is 7.23. The van der Waals surface area contributed by atoms with Gasteiger partial charge in [0.1, 0.15) is 0 Å². The third-order valence-corrected chi connectivity index (χ3v) is 4.03. The Morgan fingerprint density at radius 1 is 1.20 bits per heavy atom. The second-order valence-electron chi connectivity index (χ2n) is 5.35. The summed E-state index contributed by atoms with van der Waals surface area (Å²) in [6.45, 7) is 2.97. The van der Waals surface area contributed by atoms with Gasteiger partial charge < -0.3 is 5.32 Å². The van der Waals surface area contributed by atoms with E-state index < -0.39 is 0 Å². The van der Waals surface area contributed by atoms with Crippen molar-refractivity contribution in [3.05, 3.63) is 65.2 Å². The number of benzene rings is 2.